The molecule has 0 saturated heterocycles. The van der Waals surface area contributed by atoms with Gasteiger partial charge in [-0.15, -0.1) is 0 Å². The van der Waals surface area contributed by atoms with Crippen LogP contribution >= 0.6 is 0 Å². The number of nitrogens with zero attached hydrogens (tertiary/aromatic N) is 1. The summed E-state index contributed by atoms with van der Waals surface area (Å²) < 4.78 is 2.35. The molecule has 0 fully saturated rings. The van der Waals surface area contributed by atoms with Gasteiger partial charge in [0.05, 0.1) is 16.7 Å². The van der Waals surface area contributed by atoms with E-state index in [-0.39, 0.29) is 0 Å². The van der Waals surface area contributed by atoms with Gasteiger partial charge in [-0.05, 0) is 29.8 Å². The molecule has 0 N–H and O–H groups in total. The van der Waals surface area contributed by atoms with E-state index in [0.29, 0.717) is 0 Å². The lowest BCUT2D eigenvalue weighted by Gasteiger charge is -2.13. The third kappa shape index (κ3) is 2.17. The molecule has 1 heterocycles. The second kappa shape index (κ2) is 5.64. The van der Waals surface area contributed by atoms with Crippen molar-refractivity contribution in [1.82, 2.24) is 4.57 Å². The fraction of sp³-hybridized carbons (Fsp3) is 0. The highest BCUT2D eigenvalue weighted by atomic mass is 15.0. The standard InChI is InChI=1S/C24H16N/c1-2-10-18(11-3-1)19-12-4-7-15-22(19)25-23-16-8-5-13-20(23)21-14-6-9-17-24(21)25/h1-13,15-17H. The van der Waals surface area contributed by atoms with Gasteiger partial charge in [0, 0.05) is 16.3 Å². The maximum absolute atomic E-state index is 3.42. The molecule has 0 saturated carbocycles. The number of benzene rings is 4. The van der Waals surface area contributed by atoms with Gasteiger partial charge in [0.2, 0.25) is 0 Å². The molecule has 0 unspecified atom stereocenters. The highest BCUT2D eigenvalue weighted by Crippen LogP contribution is 2.35. The van der Waals surface area contributed by atoms with Crippen LogP contribution in [0, 0.1) is 6.07 Å². The molecule has 0 aliphatic rings. The van der Waals surface area contributed by atoms with E-state index in [9.17, 15) is 0 Å². The van der Waals surface area contributed by atoms with Crippen LogP contribution in [-0.2, 0) is 0 Å². The Bertz CT molecular complexity index is 1130. The van der Waals surface area contributed by atoms with Crippen LogP contribution in [0.3, 0.4) is 0 Å². The molecular weight excluding hydrogens is 302 g/mol. The second-order valence-electron chi connectivity index (χ2n) is 6.17. The van der Waals surface area contributed by atoms with Gasteiger partial charge in [0.15, 0.2) is 0 Å². The summed E-state index contributed by atoms with van der Waals surface area (Å²) in [6.45, 7) is 0. The fourth-order valence-corrected chi connectivity index (χ4v) is 3.63. The lowest BCUT2D eigenvalue weighted by molar-refractivity contribution is 1.18. The first-order valence-electron chi connectivity index (χ1n) is 8.48. The molecule has 5 aromatic rings. The maximum Gasteiger partial charge on any atom is 0.0547 e. The molecule has 1 radical (unpaired) electrons. The summed E-state index contributed by atoms with van der Waals surface area (Å²) in [6.07, 6.45) is 0. The van der Waals surface area contributed by atoms with E-state index in [4.69, 9.17) is 0 Å². The summed E-state index contributed by atoms with van der Waals surface area (Å²) in [5.74, 6) is 0. The molecule has 25 heavy (non-hydrogen) atoms. The predicted octanol–water partition coefficient (Wildman–Crippen LogP) is 6.25. The molecule has 0 bridgehead atoms. The van der Waals surface area contributed by atoms with Crippen LogP contribution in [0.4, 0.5) is 0 Å². The lowest BCUT2D eigenvalue weighted by Crippen LogP contribution is -1.96. The molecule has 4 aromatic carbocycles. The minimum Gasteiger partial charge on any atom is -0.309 e. The van der Waals surface area contributed by atoms with Crippen molar-refractivity contribution < 1.29 is 0 Å². The SMILES string of the molecule is [c]1cccc2c1c1ccccc1n2-c1ccccc1-c1ccccc1. The van der Waals surface area contributed by atoms with Crippen LogP contribution in [-0.4, -0.2) is 4.57 Å². The Labute approximate surface area is 146 Å². The van der Waals surface area contributed by atoms with E-state index < -0.39 is 0 Å². The van der Waals surface area contributed by atoms with E-state index in [0.717, 1.165) is 0 Å². The van der Waals surface area contributed by atoms with Crippen molar-refractivity contribution in [3.8, 4) is 16.8 Å². The van der Waals surface area contributed by atoms with Gasteiger partial charge in [0.25, 0.3) is 0 Å². The van der Waals surface area contributed by atoms with Crippen molar-refractivity contribution in [3.05, 3.63) is 103 Å². The Hall–Kier alpha value is -3.32. The largest absolute Gasteiger partial charge is 0.309 e. The molecule has 1 nitrogen and oxygen atoms in total. The fourth-order valence-electron chi connectivity index (χ4n) is 3.63. The first-order valence-corrected chi connectivity index (χ1v) is 8.48. The van der Waals surface area contributed by atoms with E-state index in [1.54, 1.807) is 0 Å². The van der Waals surface area contributed by atoms with E-state index >= 15 is 0 Å². The third-order valence-electron chi connectivity index (χ3n) is 4.72. The van der Waals surface area contributed by atoms with Crippen LogP contribution in [0.5, 0.6) is 0 Å². The van der Waals surface area contributed by atoms with Crippen LogP contribution in [0.2, 0.25) is 0 Å². The first kappa shape index (κ1) is 14.1. The van der Waals surface area contributed by atoms with Crippen LogP contribution in [0.1, 0.15) is 0 Å². The molecule has 0 atom stereocenters. The number of rotatable bonds is 2. The van der Waals surface area contributed by atoms with Gasteiger partial charge >= 0.3 is 0 Å². The Balaban J connectivity index is 1.92. The number of hydrogen-bond donors (Lipinski definition) is 0. The highest BCUT2D eigenvalue weighted by molar-refractivity contribution is 6.09. The first-order chi connectivity index (χ1) is 12.4. The summed E-state index contributed by atoms with van der Waals surface area (Å²) >= 11 is 0. The zero-order valence-electron chi connectivity index (χ0n) is 13.7. The van der Waals surface area contributed by atoms with Crippen molar-refractivity contribution in [1.29, 1.82) is 0 Å². The molecule has 1 aromatic heterocycles. The summed E-state index contributed by atoms with van der Waals surface area (Å²) in [6, 6.07) is 37.4. The average Bonchev–Trinajstić information content (AvgIpc) is 3.03. The van der Waals surface area contributed by atoms with E-state index in [1.807, 2.05) is 6.07 Å². The Morgan fingerprint density at radius 1 is 0.600 bits per heavy atom. The minimum absolute atomic E-state index is 1.17. The Kier molecular flexibility index (Phi) is 3.17. The summed E-state index contributed by atoms with van der Waals surface area (Å²) in [4.78, 5) is 0. The second-order valence-corrected chi connectivity index (χ2v) is 6.17. The van der Waals surface area contributed by atoms with E-state index in [1.165, 1.54) is 38.6 Å². The van der Waals surface area contributed by atoms with Gasteiger partial charge in [-0.3, -0.25) is 0 Å². The molecule has 0 spiro atoms. The monoisotopic (exact) mass is 318 g/mol. The van der Waals surface area contributed by atoms with Crippen LogP contribution in [0.15, 0.2) is 97.1 Å². The summed E-state index contributed by atoms with van der Waals surface area (Å²) in [5.41, 5.74) is 6.05. The van der Waals surface area contributed by atoms with Gasteiger partial charge in [0.1, 0.15) is 0 Å². The molecule has 0 aliphatic carbocycles. The molecular formula is C24H16N. The van der Waals surface area contributed by atoms with Crippen molar-refractivity contribution in [3.63, 3.8) is 0 Å². The van der Waals surface area contributed by atoms with Crippen LogP contribution < -0.4 is 0 Å². The normalized spacial score (nSPS) is 11.2. The van der Waals surface area contributed by atoms with Crippen molar-refractivity contribution in [2.45, 2.75) is 0 Å². The zero-order valence-corrected chi connectivity index (χ0v) is 13.7. The number of aromatic nitrogens is 1. The van der Waals surface area contributed by atoms with Crippen LogP contribution in [0.25, 0.3) is 38.6 Å². The molecule has 0 aliphatic heterocycles. The summed E-state index contributed by atoms with van der Waals surface area (Å²) in [7, 11) is 0. The van der Waals surface area contributed by atoms with Crippen molar-refractivity contribution in [2.24, 2.45) is 0 Å². The Morgan fingerprint density at radius 2 is 1.32 bits per heavy atom. The topological polar surface area (TPSA) is 4.93 Å². The Morgan fingerprint density at radius 3 is 2.24 bits per heavy atom. The van der Waals surface area contributed by atoms with Gasteiger partial charge in [-0.25, -0.2) is 0 Å². The average molecular weight is 318 g/mol. The third-order valence-corrected chi connectivity index (χ3v) is 4.72. The highest BCUT2D eigenvalue weighted by Gasteiger charge is 2.14. The number of para-hydroxylation sites is 2. The zero-order chi connectivity index (χ0) is 16.6. The van der Waals surface area contributed by atoms with Crippen molar-refractivity contribution >= 4 is 21.8 Å². The van der Waals surface area contributed by atoms with Crippen molar-refractivity contribution in [2.75, 3.05) is 0 Å². The molecule has 5 rings (SSSR count). The van der Waals surface area contributed by atoms with E-state index in [2.05, 4.69) is 102 Å². The maximum atomic E-state index is 3.42. The smallest absolute Gasteiger partial charge is 0.0547 e. The number of hydrogen-bond acceptors (Lipinski definition) is 0. The lowest BCUT2D eigenvalue weighted by atomic mass is 10.0. The predicted molar refractivity (Wildman–Crippen MR) is 105 cm³/mol. The van der Waals surface area contributed by atoms with Gasteiger partial charge in [-0.1, -0.05) is 78.9 Å². The molecule has 0 amide bonds. The van der Waals surface area contributed by atoms with Gasteiger partial charge < -0.3 is 4.57 Å². The number of fused-ring (bicyclic) bond motifs is 3. The van der Waals surface area contributed by atoms with Gasteiger partial charge in [-0.2, -0.15) is 0 Å². The summed E-state index contributed by atoms with van der Waals surface area (Å²) in [5, 5.41) is 2.40. The minimum atomic E-state index is 1.17. The quantitative estimate of drug-likeness (QED) is 0.362. The molecule has 1 heteroatoms. The molecule has 117 valence electrons.